The molecule has 118 valence electrons. The maximum Gasteiger partial charge on any atom is 0.260 e. The van der Waals surface area contributed by atoms with Crippen LogP contribution in [0.15, 0.2) is 6.07 Å². The molecule has 1 unspecified atom stereocenters. The fourth-order valence-electron chi connectivity index (χ4n) is 2.99. The summed E-state index contributed by atoms with van der Waals surface area (Å²) >= 11 is 1.28. The van der Waals surface area contributed by atoms with Gasteiger partial charge in [-0.2, -0.15) is 0 Å². The summed E-state index contributed by atoms with van der Waals surface area (Å²) in [7, 11) is 0. The van der Waals surface area contributed by atoms with Crippen LogP contribution in [0.4, 0.5) is 11.5 Å². The van der Waals surface area contributed by atoms with Crippen LogP contribution in [-0.2, 0) is 6.42 Å². The Morgan fingerprint density at radius 3 is 2.91 bits per heavy atom. The number of pyridine rings is 1. The van der Waals surface area contributed by atoms with E-state index in [2.05, 4.69) is 17.9 Å². The van der Waals surface area contributed by atoms with Gasteiger partial charge >= 0.3 is 0 Å². The number of carbonyl (C=O) groups excluding carboxylic acids is 1. The van der Waals surface area contributed by atoms with Crippen LogP contribution in [0.1, 0.15) is 35.0 Å². The van der Waals surface area contributed by atoms with Crippen LogP contribution in [0.25, 0.3) is 10.2 Å². The van der Waals surface area contributed by atoms with Gasteiger partial charge in [0.1, 0.15) is 15.5 Å². The molecule has 2 aromatic rings. The molecule has 6 N–H and O–H groups in total. The highest BCUT2D eigenvalue weighted by Gasteiger charge is 2.23. The van der Waals surface area contributed by atoms with Gasteiger partial charge < -0.3 is 22.1 Å². The van der Waals surface area contributed by atoms with Gasteiger partial charge in [0, 0.05) is 24.5 Å². The van der Waals surface area contributed by atoms with Gasteiger partial charge in [-0.05, 0) is 24.5 Å². The molecule has 0 radical (unpaired) electrons. The van der Waals surface area contributed by atoms with Gasteiger partial charge in [-0.1, -0.05) is 13.3 Å². The first-order valence-corrected chi connectivity index (χ1v) is 8.35. The standard InChI is InChI=1S/C15H21N5OS/c1-2-3-8-6-10(20-5-4-9(16)7-20)19-15-11(8)12(17)13(22-15)14(18)21/h6,9H,2-5,7,16-17H2,1H3,(H2,18,21). The number of aromatic nitrogens is 1. The van der Waals surface area contributed by atoms with E-state index >= 15 is 0 Å². The highest BCUT2D eigenvalue weighted by molar-refractivity contribution is 7.21. The summed E-state index contributed by atoms with van der Waals surface area (Å²) in [5, 5.41) is 0.882. The number of anilines is 2. The van der Waals surface area contributed by atoms with Crippen molar-refractivity contribution in [3.05, 3.63) is 16.5 Å². The fourth-order valence-corrected chi connectivity index (χ4v) is 3.98. The Morgan fingerprint density at radius 1 is 1.55 bits per heavy atom. The van der Waals surface area contributed by atoms with Crippen molar-refractivity contribution in [1.29, 1.82) is 0 Å². The smallest absolute Gasteiger partial charge is 0.260 e. The molecule has 1 amide bonds. The second kappa shape index (κ2) is 5.73. The summed E-state index contributed by atoms with van der Waals surface area (Å²) in [6.45, 7) is 3.84. The summed E-state index contributed by atoms with van der Waals surface area (Å²) in [5.74, 6) is 0.425. The van der Waals surface area contributed by atoms with Crippen LogP contribution in [0.3, 0.4) is 0 Å². The minimum Gasteiger partial charge on any atom is -0.397 e. The van der Waals surface area contributed by atoms with Gasteiger partial charge in [0.25, 0.3) is 5.91 Å². The zero-order chi connectivity index (χ0) is 15.9. The monoisotopic (exact) mass is 319 g/mol. The van der Waals surface area contributed by atoms with E-state index in [1.165, 1.54) is 11.3 Å². The van der Waals surface area contributed by atoms with Gasteiger partial charge in [0.15, 0.2) is 0 Å². The van der Waals surface area contributed by atoms with Crippen LogP contribution in [0.2, 0.25) is 0 Å². The number of hydrogen-bond donors (Lipinski definition) is 3. The number of amides is 1. The largest absolute Gasteiger partial charge is 0.397 e. The molecule has 1 atom stereocenters. The van der Waals surface area contributed by atoms with Gasteiger partial charge in [-0.25, -0.2) is 4.98 Å². The van der Waals surface area contributed by atoms with E-state index in [0.717, 1.165) is 53.9 Å². The Bertz CT molecular complexity index is 726. The zero-order valence-corrected chi connectivity index (χ0v) is 13.4. The number of rotatable bonds is 4. The Balaban J connectivity index is 2.14. The number of nitrogen functional groups attached to an aromatic ring is 1. The molecule has 6 nitrogen and oxygen atoms in total. The van der Waals surface area contributed by atoms with E-state index in [4.69, 9.17) is 22.2 Å². The molecule has 3 rings (SSSR count). The molecule has 1 aliphatic rings. The van der Waals surface area contributed by atoms with Crippen molar-refractivity contribution < 1.29 is 4.79 Å². The third kappa shape index (κ3) is 2.50. The van der Waals surface area contributed by atoms with E-state index in [0.29, 0.717) is 10.6 Å². The van der Waals surface area contributed by atoms with Gasteiger partial charge in [0.2, 0.25) is 0 Å². The van der Waals surface area contributed by atoms with Crippen molar-refractivity contribution in [1.82, 2.24) is 4.98 Å². The summed E-state index contributed by atoms with van der Waals surface area (Å²) in [4.78, 5) is 19.6. The Morgan fingerprint density at radius 2 is 2.32 bits per heavy atom. The van der Waals surface area contributed by atoms with Crippen molar-refractivity contribution >= 4 is 39.0 Å². The molecule has 0 spiro atoms. The number of nitrogens with two attached hydrogens (primary N) is 3. The molecule has 1 fully saturated rings. The Hall–Kier alpha value is -1.86. The van der Waals surface area contributed by atoms with Crippen LogP contribution >= 0.6 is 11.3 Å². The second-order valence-electron chi connectivity index (χ2n) is 5.77. The molecule has 0 aliphatic carbocycles. The number of carbonyl (C=O) groups is 1. The molecule has 0 bridgehead atoms. The van der Waals surface area contributed by atoms with Crippen LogP contribution in [0, 0.1) is 0 Å². The number of fused-ring (bicyclic) bond motifs is 1. The zero-order valence-electron chi connectivity index (χ0n) is 12.6. The fraction of sp³-hybridized carbons (Fsp3) is 0.467. The Kier molecular flexibility index (Phi) is 3.92. The first-order chi connectivity index (χ1) is 10.5. The third-order valence-corrected chi connectivity index (χ3v) is 5.17. The maximum atomic E-state index is 11.5. The molecule has 2 aromatic heterocycles. The molecule has 1 saturated heterocycles. The average molecular weight is 319 g/mol. The average Bonchev–Trinajstić information content (AvgIpc) is 3.03. The number of aryl methyl sites for hydroxylation is 1. The summed E-state index contributed by atoms with van der Waals surface area (Å²) in [5.41, 5.74) is 19.1. The predicted octanol–water partition coefficient (Wildman–Crippen LogP) is 1.47. The molecule has 22 heavy (non-hydrogen) atoms. The van der Waals surface area contributed by atoms with Crippen molar-refractivity contribution in [3.63, 3.8) is 0 Å². The van der Waals surface area contributed by atoms with Crippen molar-refractivity contribution in [2.45, 2.75) is 32.2 Å². The number of hydrogen-bond acceptors (Lipinski definition) is 6. The van der Waals surface area contributed by atoms with E-state index in [-0.39, 0.29) is 6.04 Å². The lowest BCUT2D eigenvalue weighted by Gasteiger charge is -2.18. The van der Waals surface area contributed by atoms with Crippen molar-refractivity contribution in [3.8, 4) is 0 Å². The topological polar surface area (TPSA) is 111 Å². The first-order valence-electron chi connectivity index (χ1n) is 7.53. The van der Waals surface area contributed by atoms with Crippen LogP contribution in [-0.4, -0.2) is 30.0 Å². The molecule has 0 saturated carbocycles. The number of thiophene rings is 1. The molecule has 7 heteroatoms. The quantitative estimate of drug-likeness (QED) is 0.790. The minimum atomic E-state index is -0.493. The maximum absolute atomic E-state index is 11.5. The molecule has 1 aliphatic heterocycles. The third-order valence-electron chi connectivity index (χ3n) is 4.06. The van der Waals surface area contributed by atoms with E-state index in [9.17, 15) is 4.79 Å². The predicted molar refractivity (Wildman–Crippen MR) is 91.4 cm³/mol. The lowest BCUT2D eigenvalue weighted by Crippen LogP contribution is -2.26. The summed E-state index contributed by atoms with van der Waals surface area (Å²) < 4.78 is 0. The summed E-state index contributed by atoms with van der Waals surface area (Å²) in [6.07, 6.45) is 2.87. The van der Waals surface area contributed by atoms with E-state index in [1.807, 2.05) is 0 Å². The van der Waals surface area contributed by atoms with Crippen molar-refractivity contribution in [2.75, 3.05) is 23.7 Å². The van der Waals surface area contributed by atoms with Crippen molar-refractivity contribution in [2.24, 2.45) is 11.5 Å². The first kappa shape index (κ1) is 15.1. The Labute approximate surface area is 133 Å². The molecular formula is C15H21N5OS. The van der Waals surface area contributed by atoms with E-state index < -0.39 is 5.91 Å². The van der Waals surface area contributed by atoms with Gasteiger partial charge in [0.05, 0.1) is 5.69 Å². The highest BCUT2D eigenvalue weighted by atomic mass is 32.1. The number of primary amides is 1. The lowest BCUT2D eigenvalue weighted by molar-refractivity contribution is 0.100. The summed E-state index contributed by atoms with van der Waals surface area (Å²) in [6, 6.07) is 2.28. The lowest BCUT2D eigenvalue weighted by atomic mass is 10.1. The molecular weight excluding hydrogens is 298 g/mol. The van der Waals surface area contributed by atoms with Gasteiger partial charge in [-0.15, -0.1) is 11.3 Å². The second-order valence-corrected chi connectivity index (χ2v) is 6.77. The molecule has 0 aromatic carbocycles. The highest BCUT2D eigenvalue weighted by Crippen LogP contribution is 2.37. The van der Waals surface area contributed by atoms with Gasteiger partial charge in [-0.3, -0.25) is 4.79 Å². The minimum absolute atomic E-state index is 0.196. The number of nitrogens with zero attached hydrogens (tertiary/aromatic N) is 2. The van der Waals surface area contributed by atoms with Crippen LogP contribution < -0.4 is 22.1 Å². The van der Waals surface area contributed by atoms with E-state index in [1.54, 1.807) is 0 Å². The normalized spacial score (nSPS) is 18.3. The SMILES string of the molecule is CCCc1cc(N2CCC(N)C2)nc2sc(C(N)=O)c(N)c12. The van der Waals surface area contributed by atoms with Crippen LogP contribution in [0.5, 0.6) is 0 Å². The molecule has 3 heterocycles.